The number of benzene rings is 2. The summed E-state index contributed by atoms with van der Waals surface area (Å²) in [7, 11) is 1.62. The predicted molar refractivity (Wildman–Crippen MR) is 134 cm³/mol. The Bertz CT molecular complexity index is 1490. The Hall–Kier alpha value is -3.94. The molecule has 3 aromatic heterocycles. The highest BCUT2D eigenvalue weighted by Gasteiger charge is 2.20. The maximum atomic E-state index is 9.89. The van der Waals surface area contributed by atoms with Crippen molar-refractivity contribution in [1.29, 1.82) is 5.26 Å². The van der Waals surface area contributed by atoms with Gasteiger partial charge in [-0.25, -0.2) is 9.97 Å². The Morgan fingerprint density at radius 3 is 2.56 bits per heavy atom. The first-order valence-corrected chi connectivity index (χ1v) is 12.4. The predicted octanol–water partition coefficient (Wildman–Crippen LogP) is 5.13. The molecule has 0 unspecified atom stereocenters. The Labute approximate surface area is 204 Å². The summed E-state index contributed by atoms with van der Waals surface area (Å²) in [5, 5.41) is 21.3. The fourth-order valence-corrected chi connectivity index (χ4v) is 4.84. The van der Waals surface area contributed by atoms with Gasteiger partial charge in [0.2, 0.25) is 5.95 Å². The normalized spacial score (nSPS) is 10.9. The molecule has 0 saturated carbocycles. The SMILES string of the molecule is COc1ccc(-c2c(C#N)c(SC)nc3nc(NCc4csc(-c5ccccc5)n4)nn23)cc1. The van der Waals surface area contributed by atoms with Gasteiger partial charge in [-0.05, 0) is 30.5 Å². The topological polar surface area (TPSA) is 101 Å². The second-order valence-corrected chi connectivity index (χ2v) is 8.85. The van der Waals surface area contributed by atoms with Crippen LogP contribution in [0, 0.1) is 11.3 Å². The smallest absolute Gasteiger partial charge is 0.255 e. The van der Waals surface area contributed by atoms with Gasteiger partial charge in [-0.3, -0.25) is 0 Å². The first kappa shape index (κ1) is 21.9. The van der Waals surface area contributed by atoms with Crippen molar-refractivity contribution in [3.63, 3.8) is 0 Å². The number of nitriles is 1. The van der Waals surface area contributed by atoms with Gasteiger partial charge in [0.15, 0.2) is 0 Å². The van der Waals surface area contributed by atoms with Crippen LogP contribution in [0.1, 0.15) is 11.3 Å². The number of hydrogen-bond acceptors (Lipinski definition) is 9. The molecule has 34 heavy (non-hydrogen) atoms. The molecule has 0 bridgehead atoms. The lowest BCUT2D eigenvalue weighted by molar-refractivity contribution is 0.415. The third kappa shape index (κ3) is 4.19. The average molecular weight is 486 g/mol. The highest BCUT2D eigenvalue weighted by molar-refractivity contribution is 7.98. The van der Waals surface area contributed by atoms with E-state index in [0.29, 0.717) is 34.6 Å². The molecule has 0 aliphatic heterocycles. The summed E-state index contributed by atoms with van der Waals surface area (Å²) in [6, 6.07) is 19.9. The summed E-state index contributed by atoms with van der Waals surface area (Å²) in [5.41, 5.74) is 3.90. The van der Waals surface area contributed by atoms with E-state index in [2.05, 4.69) is 26.5 Å². The van der Waals surface area contributed by atoms with E-state index in [0.717, 1.165) is 27.6 Å². The minimum atomic E-state index is 0.415. The third-order valence-corrected chi connectivity index (χ3v) is 6.75. The van der Waals surface area contributed by atoms with Crippen molar-refractivity contribution >= 4 is 34.8 Å². The minimum absolute atomic E-state index is 0.415. The van der Waals surface area contributed by atoms with Crippen LogP contribution < -0.4 is 10.1 Å². The van der Waals surface area contributed by atoms with Crippen molar-refractivity contribution in [2.24, 2.45) is 0 Å². The summed E-state index contributed by atoms with van der Waals surface area (Å²) in [4.78, 5) is 13.8. The molecule has 1 N–H and O–H groups in total. The van der Waals surface area contributed by atoms with Crippen molar-refractivity contribution in [3.8, 4) is 33.6 Å². The molecule has 5 rings (SSSR count). The molecule has 0 saturated heterocycles. The fraction of sp³-hybridized carbons (Fsp3) is 0.125. The number of thioether (sulfide) groups is 1. The van der Waals surface area contributed by atoms with E-state index in [-0.39, 0.29) is 0 Å². The molecule has 0 fully saturated rings. The molecule has 0 aliphatic rings. The van der Waals surface area contributed by atoms with Crippen LogP contribution >= 0.6 is 23.1 Å². The van der Waals surface area contributed by atoms with E-state index < -0.39 is 0 Å². The lowest BCUT2D eigenvalue weighted by atomic mass is 10.1. The Morgan fingerprint density at radius 2 is 1.85 bits per heavy atom. The number of anilines is 1. The van der Waals surface area contributed by atoms with Crippen LogP contribution in [0.4, 0.5) is 5.95 Å². The number of methoxy groups -OCH3 is 1. The van der Waals surface area contributed by atoms with Crippen LogP contribution in [0.5, 0.6) is 5.75 Å². The van der Waals surface area contributed by atoms with Crippen molar-refractivity contribution in [1.82, 2.24) is 24.6 Å². The molecule has 10 heteroatoms. The molecule has 0 spiro atoms. The molecular formula is C24H19N7OS2. The van der Waals surface area contributed by atoms with Crippen molar-refractivity contribution < 1.29 is 4.74 Å². The van der Waals surface area contributed by atoms with E-state index in [1.807, 2.05) is 66.2 Å². The summed E-state index contributed by atoms with van der Waals surface area (Å²) >= 11 is 3.00. The summed E-state index contributed by atoms with van der Waals surface area (Å²) < 4.78 is 6.88. The number of fused-ring (bicyclic) bond motifs is 1. The number of aromatic nitrogens is 5. The number of hydrogen-bond donors (Lipinski definition) is 1. The number of thiazole rings is 1. The highest BCUT2D eigenvalue weighted by Crippen LogP contribution is 2.31. The number of ether oxygens (including phenoxy) is 1. The zero-order chi connectivity index (χ0) is 23.5. The summed E-state index contributed by atoms with van der Waals surface area (Å²) in [6.45, 7) is 0.471. The summed E-state index contributed by atoms with van der Waals surface area (Å²) in [6.07, 6.45) is 1.89. The van der Waals surface area contributed by atoms with Gasteiger partial charge < -0.3 is 10.1 Å². The maximum Gasteiger partial charge on any atom is 0.255 e. The number of nitrogens with one attached hydrogen (secondary N) is 1. The monoisotopic (exact) mass is 485 g/mol. The molecule has 0 radical (unpaired) electrons. The zero-order valence-electron chi connectivity index (χ0n) is 18.4. The maximum absolute atomic E-state index is 9.89. The Morgan fingerprint density at radius 1 is 1.06 bits per heavy atom. The number of nitrogens with zero attached hydrogens (tertiary/aromatic N) is 6. The fourth-order valence-electron chi connectivity index (χ4n) is 3.49. The lowest BCUT2D eigenvalue weighted by Crippen LogP contribution is -2.04. The van der Waals surface area contributed by atoms with Crippen molar-refractivity contribution in [2.45, 2.75) is 11.6 Å². The van der Waals surface area contributed by atoms with Gasteiger partial charge in [-0.15, -0.1) is 28.2 Å². The lowest BCUT2D eigenvalue weighted by Gasteiger charge is -2.10. The van der Waals surface area contributed by atoms with Crippen LogP contribution in [0.2, 0.25) is 0 Å². The van der Waals surface area contributed by atoms with Crippen LogP contribution in [0.3, 0.4) is 0 Å². The molecule has 2 aromatic carbocycles. The van der Waals surface area contributed by atoms with Gasteiger partial charge in [0.1, 0.15) is 27.4 Å². The quantitative estimate of drug-likeness (QED) is 0.250. The molecule has 0 aliphatic carbocycles. The van der Waals surface area contributed by atoms with E-state index in [1.54, 1.807) is 23.0 Å². The zero-order valence-corrected chi connectivity index (χ0v) is 20.0. The molecule has 0 atom stereocenters. The van der Waals surface area contributed by atoms with E-state index >= 15 is 0 Å². The standard InChI is InChI=1S/C24H19N7OS2/c1-32-18-10-8-15(9-11-18)20-19(12-25)22(33-2)28-24-29-23(30-31(20)24)26-13-17-14-34-21(27-17)16-6-4-3-5-7-16/h3-11,14H,13H2,1-2H3,(H,26,30). The van der Waals surface area contributed by atoms with E-state index in [1.165, 1.54) is 11.8 Å². The third-order valence-electron chi connectivity index (χ3n) is 5.12. The van der Waals surface area contributed by atoms with Crippen LogP contribution in [0.25, 0.3) is 27.6 Å². The van der Waals surface area contributed by atoms with Crippen molar-refractivity contribution in [2.75, 3.05) is 18.7 Å². The largest absolute Gasteiger partial charge is 0.497 e. The van der Waals surface area contributed by atoms with Gasteiger partial charge in [0, 0.05) is 16.5 Å². The van der Waals surface area contributed by atoms with Crippen LogP contribution in [0.15, 0.2) is 65.0 Å². The van der Waals surface area contributed by atoms with Crippen LogP contribution in [-0.2, 0) is 6.54 Å². The molecule has 5 aromatic rings. The van der Waals surface area contributed by atoms with E-state index in [4.69, 9.17) is 9.72 Å². The second kappa shape index (κ2) is 9.51. The molecule has 3 heterocycles. The summed E-state index contributed by atoms with van der Waals surface area (Å²) in [5.74, 6) is 1.57. The van der Waals surface area contributed by atoms with E-state index in [9.17, 15) is 5.26 Å². The van der Waals surface area contributed by atoms with Gasteiger partial charge in [0.05, 0.1) is 25.0 Å². The molecular weight excluding hydrogens is 466 g/mol. The molecule has 0 amide bonds. The van der Waals surface area contributed by atoms with Gasteiger partial charge in [-0.2, -0.15) is 14.8 Å². The first-order valence-electron chi connectivity index (χ1n) is 10.3. The molecule has 8 nitrogen and oxygen atoms in total. The minimum Gasteiger partial charge on any atom is -0.497 e. The van der Waals surface area contributed by atoms with Gasteiger partial charge in [0.25, 0.3) is 5.78 Å². The highest BCUT2D eigenvalue weighted by atomic mass is 32.2. The van der Waals surface area contributed by atoms with Crippen molar-refractivity contribution in [3.05, 3.63) is 71.2 Å². The number of rotatable bonds is 7. The van der Waals surface area contributed by atoms with Gasteiger partial charge in [-0.1, -0.05) is 30.3 Å². The van der Waals surface area contributed by atoms with Gasteiger partial charge >= 0.3 is 0 Å². The second-order valence-electron chi connectivity index (χ2n) is 7.20. The Kier molecular flexibility index (Phi) is 6.12. The first-order chi connectivity index (χ1) is 16.7. The molecule has 168 valence electrons. The average Bonchev–Trinajstić information content (AvgIpc) is 3.53. The van der Waals surface area contributed by atoms with Crippen LogP contribution in [-0.4, -0.2) is 37.9 Å². The Balaban J connectivity index is 1.48.